The number of rotatable bonds is 4. The van der Waals surface area contributed by atoms with Crippen LogP contribution in [0.2, 0.25) is 13.1 Å². The van der Waals surface area contributed by atoms with Gasteiger partial charge in [-0.1, -0.05) is 26.8 Å². The van der Waals surface area contributed by atoms with Gasteiger partial charge in [0.15, 0.2) is 15.1 Å². The number of anilines is 1. The normalized spacial score (nSPS) is 19.4. The topological polar surface area (TPSA) is 47.6 Å². The van der Waals surface area contributed by atoms with E-state index in [4.69, 9.17) is 9.16 Å². The van der Waals surface area contributed by atoms with E-state index in [1.807, 2.05) is 25.1 Å². The van der Waals surface area contributed by atoms with Crippen LogP contribution in [-0.2, 0) is 9.22 Å². The maximum absolute atomic E-state index is 12.3. The van der Waals surface area contributed by atoms with E-state index in [2.05, 4.69) is 39.2 Å². The minimum atomic E-state index is -1.18. The molecule has 0 aliphatic carbocycles. The lowest BCUT2D eigenvalue weighted by Gasteiger charge is -2.36. The molecule has 4 nitrogen and oxygen atoms in total. The number of amides is 1. The van der Waals surface area contributed by atoms with Crippen molar-refractivity contribution in [2.45, 2.75) is 59.4 Å². The molecule has 1 aromatic carbocycles. The monoisotopic (exact) mass is 321 g/mol. The maximum Gasteiger partial charge on any atom is 0.265 e. The van der Waals surface area contributed by atoms with Gasteiger partial charge in [0.1, 0.15) is 5.75 Å². The Morgan fingerprint density at radius 3 is 2.64 bits per heavy atom. The van der Waals surface area contributed by atoms with E-state index >= 15 is 0 Å². The van der Waals surface area contributed by atoms with Crippen LogP contribution in [0.1, 0.15) is 32.8 Å². The summed E-state index contributed by atoms with van der Waals surface area (Å²) in [6.07, 6.45) is 0.0982. The SMILES string of the molecule is Cc1ccc2c(c1)OC(CC(O[SiH](C)C)C(C)(C)C)C(=O)N2. The molecule has 1 aromatic rings. The number of nitrogens with one attached hydrogen (secondary N) is 1. The van der Waals surface area contributed by atoms with Crippen LogP contribution in [0, 0.1) is 12.3 Å². The Kier molecular flexibility index (Phi) is 4.97. The zero-order chi connectivity index (χ0) is 16.5. The summed E-state index contributed by atoms with van der Waals surface area (Å²) in [5, 5.41) is 2.94. The van der Waals surface area contributed by atoms with Crippen molar-refractivity contribution < 1.29 is 14.0 Å². The average Bonchev–Trinajstić information content (AvgIpc) is 2.37. The second-order valence-corrected chi connectivity index (χ2v) is 9.74. The molecule has 5 heteroatoms. The van der Waals surface area contributed by atoms with Gasteiger partial charge >= 0.3 is 0 Å². The Bertz CT molecular complexity index is 551. The predicted octanol–water partition coefficient (Wildman–Crippen LogP) is 3.50. The number of ether oxygens (including phenoxy) is 1. The summed E-state index contributed by atoms with van der Waals surface area (Å²) in [7, 11) is -1.18. The van der Waals surface area contributed by atoms with E-state index in [1.165, 1.54) is 0 Å². The van der Waals surface area contributed by atoms with Crippen molar-refractivity contribution >= 4 is 20.6 Å². The third-order valence-corrected chi connectivity index (χ3v) is 4.66. The van der Waals surface area contributed by atoms with Crippen LogP contribution in [0.15, 0.2) is 18.2 Å². The Morgan fingerprint density at radius 2 is 2.05 bits per heavy atom. The molecule has 0 fully saturated rings. The van der Waals surface area contributed by atoms with Crippen LogP contribution in [0.25, 0.3) is 0 Å². The highest BCUT2D eigenvalue weighted by atomic mass is 28.3. The Morgan fingerprint density at radius 1 is 1.36 bits per heavy atom. The quantitative estimate of drug-likeness (QED) is 0.864. The van der Waals surface area contributed by atoms with Gasteiger partial charge in [0.2, 0.25) is 0 Å². The molecule has 0 spiro atoms. The fourth-order valence-electron chi connectivity index (χ4n) is 2.54. The average molecular weight is 321 g/mol. The van der Waals surface area contributed by atoms with Gasteiger partial charge in [0.05, 0.1) is 11.8 Å². The first-order valence-electron chi connectivity index (χ1n) is 7.90. The van der Waals surface area contributed by atoms with Crippen LogP contribution in [-0.4, -0.2) is 27.2 Å². The van der Waals surface area contributed by atoms with E-state index in [-0.39, 0.29) is 17.4 Å². The number of benzene rings is 1. The summed E-state index contributed by atoms with van der Waals surface area (Å²) in [6.45, 7) is 12.8. The molecular formula is C17H27NO3Si. The first kappa shape index (κ1) is 17.0. The van der Waals surface area contributed by atoms with Gasteiger partial charge in [-0.3, -0.25) is 4.79 Å². The minimum Gasteiger partial charge on any atom is -0.478 e. The summed E-state index contributed by atoms with van der Waals surface area (Å²) in [5.41, 5.74) is 1.85. The highest BCUT2D eigenvalue weighted by Crippen LogP contribution is 2.34. The number of hydrogen-bond donors (Lipinski definition) is 1. The van der Waals surface area contributed by atoms with E-state index in [9.17, 15) is 4.79 Å². The number of carbonyl (C=O) groups is 1. The number of hydrogen-bond acceptors (Lipinski definition) is 3. The first-order valence-corrected chi connectivity index (χ1v) is 10.7. The second-order valence-electron chi connectivity index (χ2n) is 7.37. The van der Waals surface area contributed by atoms with Crippen LogP contribution < -0.4 is 10.1 Å². The number of fused-ring (bicyclic) bond motifs is 1. The number of carbonyl (C=O) groups excluding carboxylic acids is 1. The van der Waals surface area contributed by atoms with Gasteiger partial charge in [-0.2, -0.15) is 0 Å². The molecule has 2 unspecified atom stereocenters. The van der Waals surface area contributed by atoms with Gasteiger partial charge in [-0.25, -0.2) is 0 Å². The van der Waals surface area contributed by atoms with Crippen LogP contribution >= 0.6 is 0 Å². The molecule has 1 aliphatic rings. The van der Waals surface area contributed by atoms with Gasteiger partial charge in [-0.05, 0) is 43.1 Å². The van der Waals surface area contributed by atoms with Gasteiger partial charge < -0.3 is 14.5 Å². The Hall–Kier alpha value is -1.33. The smallest absolute Gasteiger partial charge is 0.265 e. The standard InChI is InChI=1S/C17H27NO3Si/c1-11-7-8-12-13(9-11)20-14(16(19)18-12)10-15(17(2,3)4)21-22(5)6/h7-9,14-15,22H,10H2,1-6H3,(H,18,19). The maximum atomic E-state index is 12.3. The summed E-state index contributed by atoms with van der Waals surface area (Å²) < 4.78 is 12.1. The third kappa shape index (κ3) is 4.11. The van der Waals surface area contributed by atoms with E-state index in [0.717, 1.165) is 17.0 Å². The molecule has 2 rings (SSSR count). The molecule has 0 saturated heterocycles. The van der Waals surface area contributed by atoms with Crippen molar-refractivity contribution in [3.8, 4) is 5.75 Å². The fraction of sp³-hybridized carbons (Fsp3) is 0.588. The van der Waals surface area contributed by atoms with Gasteiger partial charge in [0.25, 0.3) is 5.91 Å². The molecule has 22 heavy (non-hydrogen) atoms. The minimum absolute atomic E-state index is 0.0151. The number of aryl methyl sites for hydroxylation is 1. The largest absolute Gasteiger partial charge is 0.478 e. The molecule has 1 aliphatic heterocycles. The van der Waals surface area contributed by atoms with Crippen molar-refractivity contribution in [2.75, 3.05) is 5.32 Å². The summed E-state index contributed by atoms with van der Waals surface area (Å²) in [4.78, 5) is 12.3. The van der Waals surface area contributed by atoms with Crippen LogP contribution in [0.5, 0.6) is 5.75 Å². The summed E-state index contributed by atoms with van der Waals surface area (Å²) >= 11 is 0. The molecule has 122 valence electrons. The Labute approximate surface area is 134 Å². The lowest BCUT2D eigenvalue weighted by molar-refractivity contribution is -0.125. The summed E-state index contributed by atoms with van der Waals surface area (Å²) in [6, 6.07) is 5.82. The molecule has 0 radical (unpaired) electrons. The van der Waals surface area contributed by atoms with E-state index in [1.54, 1.807) is 0 Å². The molecule has 1 heterocycles. The van der Waals surface area contributed by atoms with Gasteiger partial charge in [-0.15, -0.1) is 0 Å². The molecule has 0 saturated carbocycles. The fourth-order valence-corrected chi connectivity index (χ4v) is 3.72. The second kappa shape index (κ2) is 6.42. The van der Waals surface area contributed by atoms with E-state index in [0.29, 0.717) is 6.42 Å². The van der Waals surface area contributed by atoms with E-state index < -0.39 is 15.1 Å². The molecule has 1 N–H and O–H groups in total. The highest BCUT2D eigenvalue weighted by molar-refractivity contribution is 6.48. The lowest BCUT2D eigenvalue weighted by Crippen LogP contribution is -2.44. The first-order chi connectivity index (χ1) is 10.2. The van der Waals surface area contributed by atoms with Crippen molar-refractivity contribution in [3.05, 3.63) is 23.8 Å². The molecular weight excluding hydrogens is 294 g/mol. The Balaban J connectivity index is 2.16. The summed E-state index contributed by atoms with van der Waals surface area (Å²) in [5.74, 6) is 0.665. The van der Waals surface area contributed by atoms with Crippen LogP contribution in [0.3, 0.4) is 0 Å². The lowest BCUT2D eigenvalue weighted by atomic mass is 9.85. The zero-order valence-electron chi connectivity index (χ0n) is 14.4. The molecule has 0 aromatic heterocycles. The predicted molar refractivity (Wildman–Crippen MR) is 92.0 cm³/mol. The van der Waals surface area contributed by atoms with Crippen molar-refractivity contribution in [2.24, 2.45) is 5.41 Å². The zero-order valence-corrected chi connectivity index (χ0v) is 15.6. The molecule has 1 amide bonds. The van der Waals surface area contributed by atoms with Crippen molar-refractivity contribution in [3.63, 3.8) is 0 Å². The van der Waals surface area contributed by atoms with Crippen molar-refractivity contribution in [1.82, 2.24) is 0 Å². The van der Waals surface area contributed by atoms with Crippen molar-refractivity contribution in [1.29, 1.82) is 0 Å². The van der Waals surface area contributed by atoms with Crippen LogP contribution in [0.4, 0.5) is 5.69 Å². The molecule has 2 atom stereocenters. The molecule has 0 bridgehead atoms. The van der Waals surface area contributed by atoms with Gasteiger partial charge in [0, 0.05) is 6.42 Å². The highest BCUT2D eigenvalue weighted by Gasteiger charge is 2.35. The third-order valence-electron chi connectivity index (χ3n) is 3.79.